The van der Waals surface area contributed by atoms with Gasteiger partial charge in [-0.2, -0.15) is 0 Å². The Labute approximate surface area is 111 Å². The largest absolute Gasteiger partial charge is 0.495 e. The van der Waals surface area contributed by atoms with Gasteiger partial charge in [0.25, 0.3) is 0 Å². The second-order valence-corrected chi connectivity index (χ2v) is 4.92. The summed E-state index contributed by atoms with van der Waals surface area (Å²) in [5, 5.41) is 9.60. The predicted octanol–water partition coefficient (Wildman–Crippen LogP) is 2.75. The van der Waals surface area contributed by atoms with E-state index in [0.29, 0.717) is 5.02 Å². The zero-order valence-electron chi connectivity index (χ0n) is 10.4. The highest BCUT2D eigenvalue weighted by molar-refractivity contribution is 6.32. The lowest BCUT2D eigenvalue weighted by Crippen LogP contribution is -2.29. The van der Waals surface area contributed by atoms with Gasteiger partial charge in [0.15, 0.2) is 0 Å². The molecule has 0 amide bonds. The highest BCUT2D eigenvalue weighted by Gasteiger charge is 2.29. The minimum atomic E-state index is -0.797. The molecule has 0 saturated carbocycles. The van der Waals surface area contributed by atoms with Gasteiger partial charge in [0.05, 0.1) is 19.2 Å². The topological polar surface area (TPSA) is 49.8 Å². The molecule has 2 rings (SSSR count). The monoisotopic (exact) mass is 269 g/mol. The number of nitrogens with zero attached hydrogens (tertiary/aromatic N) is 1. The molecule has 1 aliphatic rings. The number of methoxy groups -OCH3 is 1. The van der Waals surface area contributed by atoms with Gasteiger partial charge in [0, 0.05) is 24.2 Å². The quantitative estimate of drug-likeness (QED) is 0.917. The van der Waals surface area contributed by atoms with E-state index in [1.807, 2.05) is 13.1 Å². The normalized spacial score (nSPS) is 18.4. The second kappa shape index (κ2) is 5.06. The molecule has 1 aromatic carbocycles. The molecule has 1 N–H and O–H groups in total. The Morgan fingerprint density at radius 2 is 2.33 bits per heavy atom. The number of carbonyl (C=O) groups is 1. The molecule has 5 heteroatoms. The minimum absolute atomic E-state index is 0.0451. The Hall–Kier alpha value is -1.42. The summed E-state index contributed by atoms with van der Waals surface area (Å²) in [5.74, 6) is -0.0994. The predicted molar refractivity (Wildman–Crippen MR) is 70.9 cm³/mol. The first kappa shape index (κ1) is 13.0. The maximum absolute atomic E-state index is 10.9. The van der Waals surface area contributed by atoms with E-state index in [2.05, 4.69) is 4.90 Å². The molecular weight excluding hydrogens is 254 g/mol. The number of rotatable bonds is 3. The summed E-state index contributed by atoms with van der Waals surface area (Å²) in [4.78, 5) is 13.0. The average molecular weight is 270 g/mol. The number of carboxylic acids is 1. The van der Waals surface area contributed by atoms with Crippen LogP contribution in [0.4, 0.5) is 5.69 Å². The molecule has 0 bridgehead atoms. The van der Waals surface area contributed by atoms with E-state index >= 15 is 0 Å². The van der Waals surface area contributed by atoms with Gasteiger partial charge < -0.3 is 14.7 Å². The Morgan fingerprint density at radius 1 is 1.61 bits per heavy atom. The van der Waals surface area contributed by atoms with Crippen LogP contribution in [0.5, 0.6) is 5.75 Å². The molecule has 0 fully saturated rings. The molecule has 0 spiro atoms. The number of hydrogen-bond acceptors (Lipinski definition) is 3. The third kappa shape index (κ3) is 2.25. The van der Waals surface area contributed by atoms with Gasteiger partial charge in [-0.15, -0.1) is 0 Å². The lowest BCUT2D eigenvalue weighted by molar-refractivity contribution is -0.137. The highest BCUT2D eigenvalue weighted by Crippen LogP contribution is 2.45. The maximum Gasteiger partial charge on any atom is 0.303 e. The van der Waals surface area contributed by atoms with Crippen molar-refractivity contribution in [3.05, 3.63) is 22.7 Å². The molecule has 0 saturated heterocycles. The average Bonchev–Trinajstić information content (AvgIpc) is 2.32. The van der Waals surface area contributed by atoms with Crippen molar-refractivity contribution in [1.82, 2.24) is 0 Å². The zero-order chi connectivity index (χ0) is 13.3. The number of carboxylic acid groups (broad SMARTS) is 1. The molecule has 1 unspecified atom stereocenters. The van der Waals surface area contributed by atoms with E-state index in [1.54, 1.807) is 13.2 Å². The van der Waals surface area contributed by atoms with Crippen LogP contribution in [0.1, 0.15) is 24.3 Å². The summed E-state index contributed by atoms with van der Waals surface area (Å²) in [6, 6.07) is 3.59. The van der Waals surface area contributed by atoms with Crippen molar-refractivity contribution in [2.45, 2.75) is 18.8 Å². The molecule has 18 heavy (non-hydrogen) atoms. The number of benzene rings is 1. The van der Waals surface area contributed by atoms with E-state index in [0.717, 1.165) is 30.0 Å². The van der Waals surface area contributed by atoms with Crippen LogP contribution in [0.15, 0.2) is 12.1 Å². The zero-order valence-corrected chi connectivity index (χ0v) is 11.2. The molecular formula is C13H16ClNO3. The molecule has 0 radical (unpaired) electrons. The fourth-order valence-corrected chi connectivity index (χ4v) is 2.84. The van der Waals surface area contributed by atoms with Crippen LogP contribution in [0.3, 0.4) is 0 Å². The molecule has 0 aliphatic carbocycles. The first-order valence-corrected chi connectivity index (χ1v) is 6.21. The summed E-state index contributed by atoms with van der Waals surface area (Å²) in [6.07, 6.45) is 0.899. The summed E-state index contributed by atoms with van der Waals surface area (Å²) >= 11 is 6.24. The van der Waals surface area contributed by atoms with Crippen molar-refractivity contribution in [2.75, 3.05) is 25.6 Å². The van der Waals surface area contributed by atoms with Crippen LogP contribution in [-0.4, -0.2) is 31.8 Å². The first-order chi connectivity index (χ1) is 8.54. The van der Waals surface area contributed by atoms with Crippen molar-refractivity contribution >= 4 is 23.3 Å². The van der Waals surface area contributed by atoms with E-state index in [4.69, 9.17) is 21.4 Å². The van der Waals surface area contributed by atoms with E-state index in [-0.39, 0.29) is 12.3 Å². The summed E-state index contributed by atoms with van der Waals surface area (Å²) in [7, 11) is 3.58. The van der Waals surface area contributed by atoms with Crippen molar-refractivity contribution in [2.24, 2.45) is 0 Å². The van der Waals surface area contributed by atoms with Gasteiger partial charge in [0.2, 0.25) is 0 Å². The van der Waals surface area contributed by atoms with Crippen molar-refractivity contribution in [3.8, 4) is 5.75 Å². The molecule has 4 nitrogen and oxygen atoms in total. The van der Waals surface area contributed by atoms with Gasteiger partial charge in [-0.05, 0) is 24.5 Å². The Balaban J connectivity index is 2.52. The SMILES string of the molecule is COc1ccc(Cl)c2c1N(C)CCC2CC(=O)O. The maximum atomic E-state index is 10.9. The van der Waals surface area contributed by atoms with Crippen LogP contribution in [0, 0.1) is 0 Å². The Morgan fingerprint density at radius 3 is 2.94 bits per heavy atom. The number of fused-ring (bicyclic) bond motifs is 1. The molecule has 1 aliphatic heterocycles. The standard InChI is InChI=1S/C13H16ClNO3/c1-15-6-5-8(7-11(16)17)12-9(14)3-4-10(18-2)13(12)15/h3-4,8H,5-7H2,1-2H3,(H,16,17). The Kier molecular flexibility index (Phi) is 3.66. The van der Waals surface area contributed by atoms with Crippen LogP contribution in [0.25, 0.3) is 0 Å². The minimum Gasteiger partial charge on any atom is -0.495 e. The second-order valence-electron chi connectivity index (χ2n) is 4.52. The lowest BCUT2D eigenvalue weighted by Gasteiger charge is -2.34. The van der Waals surface area contributed by atoms with Crippen LogP contribution in [-0.2, 0) is 4.79 Å². The molecule has 1 heterocycles. The Bertz CT molecular complexity index is 476. The number of hydrogen-bond donors (Lipinski definition) is 1. The third-order valence-electron chi connectivity index (χ3n) is 3.37. The fraction of sp³-hybridized carbons (Fsp3) is 0.462. The molecule has 1 atom stereocenters. The van der Waals surface area contributed by atoms with Crippen LogP contribution < -0.4 is 9.64 Å². The molecule has 98 valence electrons. The van der Waals surface area contributed by atoms with Gasteiger partial charge in [-0.3, -0.25) is 4.79 Å². The molecule has 1 aromatic rings. The number of ether oxygens (including phenoxy) is 1. The smallest absolute Gasteiger partial charge is 0.303 e. The summed E-state index contributed by atoms with van der Waals surface area (Å²) in [5.41, 5.74) is 1.81. The molecule has 0 aromatic heterocycles. The highest BCUT2D eigenvalue weighted by atomic mass is 35.5. The van der Waals surface area contributed by atoms with Gasteiger partial charge >= 0.3 is 5.97 Å². The lowest BCUT2D eigenvalue weighted by atomic mass is 9.87. The fourth-order valence-electron chi connectivity index (χ4n) is 2.53. The third-order valence-corrected chi connectivity index (χ3v) is 3.70. The van der Waals surface area contributed by atoms with Crippen LogP contribution >= 0.6 is 11.6 Å². The van der Waals surface area contributed by atoms with E-state index in [1.165, 1.54) is 0 Å². The summed E-state index contributed by atoms with van der Waals surface area (Å²) < 4.78 is 5.34. The van der Waals surface area contributed by atoms with E-state index in [9.17, 15) is 4.79 Å². The number of halogens is 1. The van der Waals surface area contributed by atoms with Gasteiger partial charge in [0.1, 0.15) is 5.75 Å². The van der Waals surface area contributed by atoms with Crippen molar-refractivity contribution in [1.29, 1.82) is 0 Å². The first-order valence-electron chi connectivity index (χ1n) is 5.84. The van der Waals surface area contributed by atoms with Crippen molar-refractivity contribution < 1.29 is 14.6 Å². The van der Waals surface area contributed by atoms with Crippen LogP contribution in [0.2, 0.25) is 5.02 Å². The van der Waals surface area contributed by atoms with E-state index < -0.39 is 5.97 Å². The van der Waals surface area contributed by atoms with Gasteiger partial charge in [-0.25, -0.2) is 0 Å². The summed E-state index contributed by atoms with van der Waals surface area (Å²) in [6.45, 7) is 0.807. The number of aliphatic carboxylic acids is 1. The van der Waals surface area contributed by atoms with Gasteiger partial charge in [-0.1, -0.05) is 11.6 Å². The number of anilines is 1. The van der Waals surface area contributed by atoms with Crippen molar-refractivity contribution in [3.63, 3.8) is 0 Å².